The van der Waals surface area contributed by atoms with Crippen molar-refractivity contribution in [2.75, 3.05) is 19.6 Å². The Balaban J connectivity index is 1.48. The molecule has 1 heterocycles. The van der Waals surface area contributed by atoms with Crippen molar-refractivity contribution in [1.29, 1.82) is 0 Å². The van der Waals surface area contributed by atoms with E-state index in [0.29, 0.717) is 10.9 Å². The quantitative estimate of drug-likeness (QED) is 0.848. The van der Waals surface area contributed by atoms with Gasteiger partial charge < -0.3 is 4.90 Å². The van der Waals surface area contributed by atoms with Gasteiger partial charge in [0.2, 0.25) is 15.9 Å². The van der Waals surface area contributed by atoms with Crippen LogP contribution in [0, 0.1) is 11.8 Å². The number of benzene rings is 1. The Morgan fingerprint density at radius 1 is 1.12 bits per heavy atom. The first-order valence-corrected chi connectivity index (χ1v) is 10.8. The Hall–Kier alpha value is -1.11. The van der Waals surface area contributed by atoms with E-state index < -0.39 is 10.0 Å². The molecule has 5 nitrogen and oxygen atoms in total. The molecule has 1 N–H and O–H groups in total. The standard InChI is InChI=1S/C18H25ClN2O3S/c19-16-5-7-17(8-6-16)25(23,24)20-11-9-18(22)21-12-10-14-3-1-2-4-15(14)13-21/h5-8,14-15,20H,1-4,9-13H2/t14-,15-/m1/s1. The van der Waals surface area contributed by atoms with Crippen LogP contribution in [0.1, 0.15) is 38.5 Å². The molecule has 0 radical (unpaired) electrons. The molecular formula is C18H25ClN2O3S. The molecule has 1 aromatic rings. The number of nitrogens with one attached hydrogen (secondary N) is 1. The van der Waals surface area contributed by atoms with Gasteiger partial charge in [-0.05, 0) is 48.9 Å². The van der Waals surface area contributed by atoms with Crippen LogP contribution < -0.4 is 4.72 Å². The molecular weight excluding hydrogens is 360 g/mol. The molecule has 3 rings (SSSR count). The molecule has 1 amide bonds. The fourth-order valence-electron chi connectivity index (χ4n) is 3.97. The highest BCUT2D eigenvalue weighted by atomic mass is 35.5. The third kappa shape index (κ3) is 4.74. The van der Waals surface area contributed by atoms with E-state index in [0.717, 1.165) is 25.4 Å². The van der Waals surface area contributed by atoms with E-state index >= 15 is 0 Å². The van der Waals surface area contributed by atoms with Crippen LogP contribution in [-0.2, 0) is 14.8 Å². The van der Waals surface area contributed by atoms with Gasteiger partial charge in [0.05, 0.1) is 4.90 Å². The maximum Gasteiger partial charge on any atom is 0.240 e. The van der Waals surface area contributed by atoms with Crippen molar-refractivity contribution in [2.45, 2.75) is 43.4 Å². The van der Waals surface area contributed by atoms with Crippen molar-refractivity contribution >= 4 is 27.5 Å². The summed E-state index contributed by atoms with van der Waals surface area (Å²) >= 11 is 5.78. The van der Waals surface area contributed by atoms with Crippen LogP contribution in [0.15, 0.2) is 29.2 Å². The second-order valence-corrected chi connectivity index (χ2v) is 9.24. The van der Waals surface area contributed by atoms with E-state index in [9.17, 15) is 13.2 Å². The van der Waals surface area contributed by atoms with Crippen molar-refractivity contribution in [3.63, 3.8) is 0 Å². The minimum Gasteiger partial charge on any atom is -0.342 e. The van der Waals surface area contributed by atoms with Gasteiger partial charge in [0.1, 0.15) is 0 Å². The number of hydrogen-bond donors (Lipinski definition) is 1. The predicted octanol–water partition coefficient (Wildman–Crippen LogP) is 3.05. The van der Waals surface area contributed by atoms with Crippen LogP contribution in [-0.4, -0.2) is 38.9 Å². The smallest absolute Gasteiger partial charge is 0.240 e. The van der Waals surface area contributed by atoms with Crippen molar-refractivity contribution in [3.8, 4) is 0 Å². The Kier molecular flexibility index (Phi) is 6.02. The average Bonchev–Trinajstić information content (AvgIpc) is 2.61. The molecule has 2 atom stereocenters. The van der Waals surface area contributed by atoms with Crippen LogP contribution in [0.5, 0.6) is 0 Å². The first kappa shape index (κ1) is 18.7. The number of sulfonamides is 1. The summed E-state index contributed by atoms with van der Waals surface area (Å²) in [5, 5.41) is 0.486. The summed E-state index contributed by atoms with van der Waals surface area (Å²) in [6.07, 6.45) is 6.40. The number of likely N-dealkylation sites (tertiary alicyclic amines) is 1. The second kappa shape index (κ2) is 8.06. The molecule has 0 spiro atoms. The molecule has 138 valence electrons. The molecule has 2 aliphatic rings. The summed E-state index contributed by atoms with van der Waals surface area (Å²) in [6.45, 7) is 1.77. The number of rotatable bonds is 5. The van der Waals surface area contributed by atoms with Gasteiger partial charge in [0.15, 0.2) is 0 Å². The van der Waals surface area contributed by atoms with Crippen molar-refractivity contribution in [2.24, 2.45) is 11.8 Å². The van der Waals surface area contributed by atoms with E-state index in [1.807, 2.05) is 4.90 Å². The van der Waals surface area contributed by atoms with Crippen molar-refractivity contribution in [3.05, 3.63) is 29.3 Å². The second-order valence-electron chi connectivity index (χ2n) is 7.03. The summed E-state index contributed by atoms with van der Waals surface area (Å²) in [5.74, 6) is 1.46. The molecule has 2 fully saturated rings. The van der Waals surface area contributed by atoms with Gasteiger partial charge in [0.25, 0.3) is 0 Å². The highest BCUT2D eigenvalue weighted by Gasteiger charge is 2.32. The van der Waals surface area contributed by atoms with E-state index in [1.54, 1.807) is 0 Å². The van der Waals surface area contributed by atoms with E-state index in [-0.39, 0.29) is 23.8 Å². The van der Waals surface area contributed by atoms with Gasteiger partial charge in [-0.15, -0.1) is 0 Å². The number of halogens is 1. The topological polar surface area (TPSA) is 66.5 Å². The lowest BCUT2D eigenvalue weighted by atomic mass is 9.75. The lowest BCUT2D eigenvalue weighted by molar-refractivity contribution is -0.134. The highest BCUT2D eigenvalue weighted by Crippen LogP contribution is 2.36. The maximum atomic E-state index is 12.4. The lowest BCUT2D eigenvalue weighted by Gasteiger charge is -2.41. The van der Waals surface area contributed by atoms with Gasteiger partial charge in [0, 0.05) is 31.1 Å². The molecule has 0 bridgehead atoms. The summed E-state index contributed by atoms with van der Waals surface area (Å²) < 4.78 is 26.9. The third-order valence-electron chi connectivity index (χ3n) is 5.40. The van der Waals surface area contributed by atoms with E-state index in [2.05, 4.69) is 4.72 Å². The van der Waals surface area contributed by atoms with Crippen LogP contribution in [0.25, 0.3) is 0 Å². The summed E-state index contributed by atoms with van der Waals surface area (Å²) in [7, 11) is -3.60. The monoisotopic (exact) mass is 384 g/mol. The fraction of sp³-hybridized carbons (Fsp3) is 0.611. The minimum atomic E-state index is -3.60. The van der Waals surface area contributed by atoms with Crippen molar-refractivity contribution < 1.29 is 13.2 Å². The third-order valence-corrected chi connectivity index (χ3v) is 7.13. The molecule has 25 heavy (non-hydrogen) atoms. The molecule has 1 aliphatic heterocycles. The number of carbonyl (C=O) groups excluding carboxylic acids is 1. The molecule has 0 aromatic heterocycles. The summed E-state index contributed by atoms with van der Waals surface area (Å²) in [6, 6.07) is 5.99. The number of hydrogen-bond acceptors (Lipinski definition) is 3. The number of nitrogens with zero attached hydrogens (tertiary/aromatic N) is 1. The van der Waals surface area contributed by atoms with Crippen LogP contribution in [0.2, 0.25) is 5.02 Å². The van der Waals surface area contributed by atoms with Crippen LogP contribution in [0.4, 0.5) is 0 Å². The molecule has 1 saturated heterocycles. The molecule has 1 saturated carbocycles. The molecule has 1 aromatic carbocycles. The van der Waals surface area contributed by atoms with Gasteiger partial charge >= 0.3 is 0 Å². The highest BCUT2D eigenvalue weighted by molar-refractivity contribution is 7.89. The number of amides is 1. The summed E-state index contributed by atoms with van der Waals surface area (Å²) in [4.78, 5) is 14.5. The first-order valence-electron chi connectivity index (χ1n) is 8.99. The molecule has 0 unspecified atom stereocenters. The Bertz CT molecular complexity index is 706. The fourth-order valence-corrected chi connectivity index (χ4v) is 5.13. The van der Waals surface area contributed by atoms with E-state index in [4.69, 9.17) is 11.6 Å². The zero-order chi connectivity index (χ0) is 17.9. The number of fused-ring (bicyclic) bond motifs is 1. The first-order chi connectivity index (χ1) is 12.0. The Morgan fingerprint density at radius 3 is 2.52 bits per heavy atom. The average molecular weight is 385 g/mol. The van der Waals surface area contributed by atoms with Gasteiger partial charge in [-0.3, -0.25) is 4.79 Å². The Morgan fingerprint density at radius 2 is 1.80 bits per heavy atom. The number of carbonyl (C=O) groups is 1. The van der Waals surface area contributed by atoms with Gasteiger partial charge in [-0.1, -0.05) is 30.9 Å². The molecule has 1 aliphatic carbocycles. The van der Waals surface area contributed by atoms with Crippen LogP contribution >= 0.6 is 11.6 Å². The molecule has 7 heteroatoms. The largest absolute Gasteiger partial charge is 0.342 e. The van der Waals surface area contributed by atoms with Crippen molar-refractivity contribution in [1.82, 2.24) is 9.62 Å². The maximum absolute atomic E-state index is 12.4. The van der Waals surface area contributed by atoms with Gasteiger partial charge in [-0.25, -0.2) is 13.1 Å². The van der Waals surface area contributed by atoms with Crippen LogP contribution in [0.3, 0.4) is 0 Å². The lowest BCUT2D eigenvalue weighted by Crippen LogP contribution is -2.45. The SMILES string of the molecule is O=C(CCNS(=O)(=O)c1ccc(Cl)cc1)N1CC[C@H]2CCCC[C@@H]2C1. The normalized spacial score (nSPS) is 24.0. The zero-order valence-electron chi connectivity index (χ0n) is 14.3. The number of piperidine rings is 1. The zero-order valence-corrected chi connectivity index (χ0v) is 15.9. The predicted molar refractivity (Wildman–Crippen MR) is 97.9 cm³/mol. The Labute approximate surface area is 154 Å². The minimum absolute atomic E-state index is 0.0443. The summed E-state index contributed by atoms with van der Waals surface area (Å²) in [5.41, 5.74) is 0. The van der Waals surface area contributed by atoms with Gasteiger partial charge in [-0.2, -0.15) is 0 Å². The van der Waals surface area contributed by atoms with E-state index in [1.165, 1.54) is 49.9 Å².